The van der Waals surface area contributed by atoms with E-state index in [1.165, 1.54) is 11.8 Å². The first-order chi connectivity index (χ1) is 19.3. The minimum atomic E-state index is -0.507. The largest absolute Gasteiger partial charge is 0.497 e. The third-order valence-electron chi connectivity index (χ3n) is 7.19. The molecule has 3 aromatic carbocycles. The standard InChI is InChI=1S/C33H31N3O3S/c1-33(2)18-27-31(28(37)19-33)30(22-14-16-25(39-3)17-15-22)26(20-34)32(35-27)40-21-29(38)36(23-10-6-4-7-11-23)24-12-8-5-9-13-24/h4-17,30,35H,18-19,21H2,1-3H3. The molecule has 40 heavy (non-hydrogen) atoms. The molecule has 0 bridgehead atoms. The molecule has 1 atom stereocenters. The lowest BCUT2D eigenvalue weighted by Crippen LogP contribution is -2.37. The minimum absolute atomic E-state index is 0.0479. The van der Waals surface area contributed by atoms with Crippen LogP contribution >= 0.6 is 11.8 Å². The van der Waals surface area contributed by atoms with Gasteiger partial charge in [0.25, 0.3) is 0 Å². The number of nitrogens with zero attached hydrogens (tertiary/aromatic N) is 2. The fourth-order valence-electron chi connectivity index (χ4n) is 5.41. The predicted octanol–water partition coefficient (Wildman–Crippen LogP) is 6.86. The number of thioether (sulfide) groups is 1. The summed E-state index contributed by atoms with van der Waals surface area (Å²) >= 11 is 1.30. The summed E-state index contributed by atoms with van der Waals surface area (Å²) in [6.45, 7) is 4.16. The van der Waals surface area contributed by atoms with Crippen molar-refractivity contribution < 1.29 is 14.3 Å². The first-order valence-corrected chi connectivity index (χ1v) is 14.2. The summed E-state index contributed by atoms with van der Waals surface area (Å²) in [5, 5.41) is 14.4. The molecule has 0 saturated carbocycles. The highest BCUT2D eigenvalue weighted by Crippen LogP contribution is 2.48. The van der Waals surface area contributed by atoms with Crippen LogP contribution in [0.5, 0.6) is 5.75 Å². The molecule has 3 aromatic rings. The van der Waals surface area contributed by atoms with Gasteiger partial charge in [0.2, 0.25) is 5.91 Å². The number of amides is 1. The van der Waals surface area contributed by atoms with Gasteiger partial charge in [-0.1, -0.05) is 74.1 Å². The van der Waals surface area contributed by atoms with Crippen LogP contribution in [0, 0.1) is 16.7 Å². The molecule has 5 rings (SSSR count). The van der Waals surface area contributed by atoms with Crippen LogP contribution in [-0.2, 0) is 9.59 Å². The zero-order chi connectivity index (χ0) is 28.3. The van der Waals surface area contributed by atoms with Gasteiger partial charge in [0.05, 0.1) is 35.5 Å². The van der Waals surface area contributed by atoms with Crippen LogP contribution in [0.15, 0.2) is 107 Å². The Labute approximate surface area is 239 Å². The van der Waals surface area contributed by atoms with Crippen molar-refractivity contribution in [3.8, 4) is 11.8 Å². The fourth-order valence-corrected chi connectivity index (χ4v) is 6.32. The summed E-state index contributed by atoms with van der Waals surface area (Å²) in [5.41, 5.74) is 4.10. The summed E-state index contributed by atoms with van der Waals surface area (Å²) in [7, 11) is 1.60. The maximum atomic E-state index is 13.7. The number of allylic oxidation sites excluding steroid dienone is 3. The number of nitriles is 1. The third-order valence-corrected chi connectivity index (χ3v) is 8.20. The first kappa shape index (κ1) is 27.3. The molecule has 1 amide bonds. The van der Waals surface area contributed by atoms with Crippen molar-refractivity contribution >= 4 is 34.8 Å². The topological polar surface area (TPSA) is 82.4 Å². The highest BCUT2D eigenvalue weighted by atomic mass is 32.2. The fraction of sp³-hybridized carbons (Fsp3) is 0.242. The zero-order valence-electron chi connectivity index (χ0n) is 22.8. The second-order valence-electron chi connectivity index (χ2n) is 10.7. The first-order valence-electron chi connectivity index (χ1n) is 13.2. The summed E-state index contributed by atoms with van der Waals surface area (Å²) < 4.78 is 5.33. The second-order valence-corrected chi connectivity index (χ2v) is 11.7. The molecule has 1 aliphatic carbocycles. The number of hydrogen-bond donors (Lipinski definition) is 1. The van der Waals surface area contributed by atoms with Gasteiger partial charge in [-0.15, -0.1) is 0 Å². The van der Waals surface area contributed by atoms with E-state index in [0.29, 0.717) is 34.8 Å². The number of Topliss-reactive ketones (excluding diaryl/α,β-unsaturated/α-hetero) is 1. The smallest absolute Gasteiger partial charge is 0.241 e. The Balaban J connectivity index is 1.50. The lowest BCUT2D eigenvalue weighted by atomic mass is 9.69. The number of hydrogen-bond acceptors (Lipinski definition) is 6. The average molecular weight is 550 g/mol. The number of carbonyl (C=O) groups is 2. The average Bonchev–Trinajstić information content (AvgIpc) is 2.96. The van der Waals surface area contributed by atoms with Gasteiger partial charge in [-0.05, 0) is 53.8 Å². The number of rotatable bonds is 7. The normalized spacial score (nSPS) is 17.9. The van der Waals surface area contributed by atoms with Crippen LogP contribution in [0.4, 0.5) is 11.4 Å². The van der Waals surface area contributed by atoms with Crippen molar-refractivity contribution in [1.82, 2.24) is 5.32 Å². The molecular formula is C33H31N3O3S. The van der Waals surface area contributed by atoms with Gasteiger partial charge in [0, 0.05) is 29.1 Å². The van der Waals surface area contributed by atoms with Crippen LogP contribution < -0.4 is 15.0 Å². The summed E-state index contributed by atoms with van der Waals surface area (Å²) in [4.78, 5) is 28.9. The Bertz CT molecular complexity index is 1480. The van der Waals surface area contributed by atoms with Gasteiger partial charge in [-0.3, -0.25) is 14.5 Å². The monoisotopic (exact) mass is 549 g/mol. The Morgan fingerprint density at radius 2 is 1.60 bits per heavy atom. The Hall–Kier alpha value is -4.28. The maximum Gasteiger partial charge on any atom is 0.241 e. The van der Waals surface area contributed by atoms with Crippen LogP contribution in [0.2, 0.25) is 0 Å². The molecule has 6 nitrogen and oxygen atoms in total. The number of nitrogens with one attached hydrogen (secondary N) is 1. The van der Waals surface area contributed by atoms with Crippen LogP contribution in [0.25, 0.3) is 0 Å². The molecule has 0 aromatic heterocycles. The van der Waals surface area contributed by atoms with Gasteiger partial charge in [0.1, 0.15) is 5.75 Å². The van der Waals surface area contributed by atoms with Crippen molar-refractivity contribution in [2.75, 3.05) is 17.8 Å². The van der Waals surface area contributed by atoms with Gasteiger partial charge >= 0.3 is 0 Å². The molecule has 0 fully saturated rings. The van der Waals surface area contributed by atoms with Crippen molar-refractivity contribution in [1.29, 1.82) is 5.26 Å². The quantitative estimate of drug-likeness (QED) is 0.347. The Morgan fingerprint density at radius 3 is 2.15 bits per heavy atom. The molecule has 7 heteroatoms. The second kappa shape index (κ2) is 11.4. The van der Waals surface area contributed by atoms with E-state index in [-0.39, 0.29) is 22.9 Å². The molecular weight excluding hydrogens is 518 g/mol. The number of ether oxygens (including phenoxy) is 1. The van der Waals surface area contributed by atoms with E-state index in [9.17, 15) is 14.9 Å². The highest BCUT2D eigenvalue weighted by molar-refractivity contribution is 8.03. The van der Waals surface area contributed by atoms with E-state index in [1.54, 1.807) is 12.0 Å². The van der Waals surface area contributed by atoms with E-state index in [0.717, 1.165) is 22.6 Å². The Morgan fingerprint density at radius 1 is 1.00 bits per heavy atom. The number of methoxy groups -OCH3 is 1. The van der Waals surface area contributed by atoms with E-state index in [2.05, 4.69) is 25.2 Å². The van der Waals surface area contributed by atoms with E-state index in [1.807, 2.05) is 84.9 Å². The molecule has 1 N–H and O–H groups in total. The summed E-state index contributed by atoms with van der Waals surface area (Å²) in [6, 6.07) is 28.9. The Kier molecular flexibility index (Phi) is 7.81. The molecule has 2 aliphatic rings. The molecule has 0 radical (unpaired) electrons. The number of para-hydroxylation sites is 2. The number of carbonyl (C=O) groups excluding carboxylic acids is 2. The van der Waals surface area contributed by atoms with Gasteiger partial charge in [-0.2, -0.15) is 5.26 Å². The van der Waals surface area contributed by atoms with Crippen LogP contribution in [0.1, 0.15) is 38.2 Å². The minimum Gasteiger partial charge on any atom is -0.497 e. The lowest BCUT2D eigenvalue weighted by Gasteiger charge is -2.39. The molecule has 1 aliphatic heterocycles. The number of benzene rings is 3. The molecule has 0 spiro atoms. The van der Waals surface area contributed by atoms with Crippen molar-refractivity contribution in [2.24, 2.45) is 5.41 Å². The van der Waals surface area contributed by atoms with Crippen molar-refractivity contribution in [3.63, 3.8) is 0 Å². The van der Waals surface area contributed by atoms with Gasteiger partial charge in [-0.25, -0.2) is 0 Å². The van der Waals surface area contributed by atoms with Gasteiger partial charge in [0.15, 0.2) is 5.78 Å². The molecule has 0 saturated heterocycles. The third kappa shape index (κ3) is 5.54. The maximum absolute atomic E-state index is 13.7. The van der Waals surface area contributed by atoms with Gasteiger partial charge < -0.3 is 10.1 Å². The van der Waals surface area contributed by atoms with Crippen molar-refractivity contribution in [2.45, 2.75) is 32.6 Å². The zero-order valence-corrected chi connectivity index (χ0v) is 23.6. The number of anilines is 2. The predicted molar refractivity (Wildman–Crippen MR) is 159 cm³/mol. The van der Waals surface area contributed by atoms with Crippen LogP contribution in [0.3, 0.4) is 0 Å². The SMILES string of the molecule is COc1ccc(C2C(C#N)=C(SCC(=O)N(c3ccccc3)c3ccccc3)NC3=C2C(=O)CC(C)(C)C3)cc1. The summed E-state index contributed by atoms with van der Waals surface area (Å²) in [5.74, 6) is 0.231. The van der Waals surface area contributed by atoms with E-state index < -0.39 is 5.92 Å². The van der Waals surface area contributed by atoms with E-state index >= 15 is 0 Å². The van der Waals surface area contributed by atoms with Crippen LogP contribution in [-0.4, -0.2) is 24.6 Å². The highest BCUT2D eigenvalue weighted by Gasteiger charge is 2.42. The molecule has 202 valence electrons. The van der Waals surface area contributed by atoms with Crippen molar-refractivity contribution in [3.05, 3.63) is 112 Å². The number of ketones is 1. The molecule has 1 heterocycles. The number of dihydropyridines is 1. The summed E-state index contributed by atoms with van der Waals surface area (Å²) in [6.07, 6.45) is 1.10. The molecule has 1 unspecified atom stereocenters. The lowest BCUT2D eigenvalue weighted by molar-refractivity contribution is -0.118. The van der Waals surface area contributed by atoms with E-state index in [4.69, 9.17) is 4.74 Å².